The lowest BCUT2D eigenvalue weighted by molar-refractivity contribution is -0.115. The van der Waals surface area contributed by atoms with Gasteiger partial charge in [0, 0.05) is 26.0 Å². The van der Waals surface area contributed by atoms with Crippen LogP contribution in [-0.2, 0) is 27.2 Å². The van der Waals surface area contributed by atoms with Crippen LogP contribution in [0.5, 0.6) is 0 Å². The highest BCUT2D eigenvalue weighted by atomic mass is 35.5. The highest BCUT2D eigenvalue weighted by Gasteiger charge is 2.31. The van der Waals surface area contributed by atoms with Crippen LogP contribution in [0.2, 0.25) is 5.02 Å². The van der Waals surface area contributed by atoms with Crippen LogP contribution in [0.3, 0.4) is 0 Å². The summed E-state index contributed by atoms with van der Waals surface area (Å²) in [6.07, 6.45) is 3.99. The molecule has 2 unspecified atom stereocenters. The van der Waals surface area contributed by atoms with Gasteiger partial charge < -0.3 is 20.7 Å². The van der Waals surface area contributed by atoms with E-state index in [-0.39, 0.29) is 11.6 Å². The van der Waals surface area contributed by atoms with Gasteiger partial charge in [-0.3, -0.25) is 14.4 Å². The van der Waals surface area contributed by atoms with Gasteiger partial charge in [-0.05, 0) is 97.3 Å². The Morgan fingerprint density at radius 1 is 0.904 bits per heavy atom. The highest BCUT2D eigenvalue weighted by molar-refractivity contribution is 8.00. The van der Waals surface area contributed by atoms with Gasteiger partial charge in [-0.15, -0.1) is 23.1 Å². The molecule has 0 spiro atoms. The van der Waals surface area contributed by atoms with E-state index in [1.165, 1.54) is 35.8 Å². The zero-order valence-corrected chi connectivity index (χ0v) is 30.9. The van der Waals surface area contributed by atoms with Crippen molar-refractivity contribution < 1.29 is 23.9 Å². The first-order valence-corrected chi connectivity index (χ1v) is 18.8. The molecule has 0 radical (unpaired) electrons. The summed E-state index contributed by atoms with van der Waals surface area (Å²) < 4.78 is 5.14. The summed E-state index contributed by atoms with van der Waals surface area (Å²) in [7, 11) is 1.35. The number of esters is 1. The van der Waals surface area contributed by atoms with Crippen LogP contribution >= 0.6 is 34.7 Å². The highest BCUT2D eigenvalue weighted by Crippen LogP contribution is 2.43. The molecular weight excluding hydrogens is 714 g/mol. The van der Waals surface area contributed by atoms with Gasteiger partial charge in [0.2, 0.25) is 5.91 Å². The van der Waals surface area contributed by atoms with Gasteiger partial charge in [0.05, 0.1) is 17.9 Å². The molecule has 8 nitrogen and oxygen atoms in total. The van der Waals surface area contributed by atoms with Crippen molar-refractivity contribution in [1.82, 2.24) is 5.32 Å². The number of nitrogens with one attached hydrogen (secondary N) is 3. The Morgan fingerprint density at radius 3 is 2.33 bits per heavy atom. The van der Waals surface area contributed by atoms with Crippen molar-refractivity contribution in [2.45, 2.75) is 42.2 Å². The predicted octanol–water partition coefficient (Wildman–Crippen LogP) is 8.99. The second kappa shape index (κ2) is 16.9. The summed E-state index contributed by atoms with van der Waals surface area (Å²) in [5.74, 6) is -1.34. The van der Waals surface area contributed by atoms with Crippen molar-refractivity contribution in [3.05, 3.63) is 153 Å². The fourth-order valence-electron chi connectivity index (χ4n) is 5.99. The first-order chi connectivity index (χ1) is 25.2. The maximum Gasteiger partial charge on any atom is 0.341 e. The quantitative estimate of drug-likeness (QED) is 0.0706. The Morgan fingerprint density at radius 2 is 1.62 bits per heavy atom. The van der Waals surface area contributed by atoms with Crippen LogP contribution in [0.15, 0.2) is 120 Å². The molecule has 0 fully saturated rings. The lowest BCUT2D eigenvalue weighted by atomic mass is 9.83. The molecule has 1 aromatic heterocycles. The SMILES string of the molecule is COC(=O)c1c(NC(=O)C(C)Sc2cccc(NC(=O)/C(=C/c3ccc(Cl)cc3)NC(=O)c3ccccc3)c2)sc2c1CCC(c1ccccc1)C2. The predicted molar refractivity (Wildman–Crippen MR) is 209 cm³/mol. The van der Waals surface area contributed by atoms with Crippen LogP contribution in [0.4, 0.5) is 10.7 Å². The minimum atomic E-state index is -0.543. The summed E-state index contributed by atoms with van der Waals surface area (Å²) in [5.41, 5.74) is 4.24. The average Bonchev–Trinajstić information content (AvgIpc) is 3.52. The molecule has 6 rings (SSSR count). The molecule has 11 heteroatoms. The van der Waals surface area contributed by atoms with E-state index in [1.807, 2.05) is 24.3 Å². The van der Waals surface area contributed by atoms with Crippen LogP contribution in [0, 0.1) is 0 Å². The summed E-state index contributed by atoms with van der Waals surface area (Å²) >= 11 is 8.80. The number of thioether (sulfide) groups is 1. The Hall–Kier alpha value is -5.16. The molecule has 1 heterocycles. The summed E-state index contributed by atoms with van der Waals surface area (Å²) in [4.78, 5) is 54.9. The molecule has 0 bridgehead atoms. The molecule has 0 saturated heterocycles. The maximum atomic E-state index is 13.6. The summed E-state index contributed by atoms with van der Waals surface area (Å²) in [5, 5.41) is 9.12. The number of hydrogen-bond donors (Lipinski definition) is 3. The number of halogens is 1. The van der Waals surface area contributed by atoms with Crippen molar-refractivity contribution in [2.24, 2.45) is 0 Å². The third kappa shape index (κ3) is 9.00. The number of fused-ring (bicyclic) bond motifs is 1. The second-order valence-electron chi connectivity index (χ2n) is 12.2. The number of amides is 3. The monoisotopic (exact) mass is 749 g/mol. The van der Waals surface area contributed by atoms with Gasteiger partial charge in [-0.1, -0.05) is 78.3 Å². The number of thiophene rings is 1. The standard InChI is InChI=1S/C41H36ClN3O5S2/c1-25(37(46)45-40-36(41(49)50-2)33-21-18-29(23-35(33)52-40)27-10-5-3-6-11-27)51-32-15-9-14-31(24-32)43-39(48)34(22-26-16-19-30(42)20-17-26)44-38(47)28-12-7-4-8-13-28/h3-17,19-20,22,24-25,29H,18,21,23H2,1-2H3,(H,43,48)(H,44,47)(H,45,46)/b34-22-. The van der Waals surface area contributed by atoms with Gasteiger partial charge in [0.15, 0.2) is 0 Å². The second-order valence-corrected chi connectivity index (χ2v) is 15.2. The molecule has 1 aliphatic rings. The number of benzene rings is 4. The summed E-state index contributed by atoms with van der Waals surface area (Å²) in [6, 6.07) is 33.0. The molecule has 3 N–H and O–H groups in total. The van der Waals surface area contributed by atoms with E-state index < -0.39 is 23.0 Å². The maximum absolute atomic E-state index is 13.6. The minimum Gasteiger partial charge on any atom is -0.465 e. The molecule has 0 aliphatic heterocycles. The van der Waals surface area contributed by atoms with Gasteiger partial charge >= 0.3 is 5.97 Å². The van der Waals surface area contributed by atoms with E-state index >= 15 is 0 Å². The molecule has 1 aliphatic carbocycles. The summed E-state index contributed by atoms with van der Waals surface area (Å²) in [6.45, 7) is 1.79. The number of rotatable bonds is 11. The molecule has 5 aromatic rings. The molecule has 2 atom stereocenters. The van der Waals surface area contributed by atoms with Crippen molar-refractivity contribution in [3.63, 3.8) is 0 Å². The normalized spacial score (nSPS) is 14.4. The lowest BCUT2D eigenvalue weighted by Gasteiger charge is -2.22. The number of ether oxygens (including phenoxy) is 1. The lowest BCUT2D eigenvalue weighted by Crippen LogP contribution is -2.30. The smallest absolute Gasteiger partial charge is 0.341 e. The van der Waals surface area contributed by atoms with Gasteiger partial charge in [-0.25, -0.2) is 4.79 Å². The zero-order valence-electron chi connectivity index (χ0n) is 28.5. The van der Waals surface area contributed by atoms with Crippen molar-refractivity contribution in [3.8, 4) is 0 Å². The van der Waals surface area contributed by atoms with Gasteiger partial charge in [0.25, 0.3) is 11.8 Å². The number of methoxy groups -OCH3 is 1. The van der Waals surface area contributed by atoms with E-state index in [1.54, 1.807) is 85.8 Å². The van der Waals surface area contributed by atoms with E-state index in [0.717, 1.165) is 34.6 Å². The molecule has 3 amide bonds. The third-order valence-electron chi connectivity index (χ3n) is 8.65. The number of carbonyl (C=O) groups is 4. The van der Waals surface area contributed by atoms with Gasteiger partial charge in [0.1, 0.15) is 10.7 Å². The molecular formula is C41H36ClN3O5S2. The fraction of sp³-hybridized carbons (Fsp3) is 0.171. The Bertz CT molecular complexity index is 2120. The van der Waals surface area contributed by atoms with Crippen LogP contribution in [0.1, 0.15) is 61.5 Å². The van der Waals surface area contributed by atoms with Crippen molar-refractivity contribution in [1.29, 1.82) is 0 Å². The van der Waals surface area contributed by atoms with Crippen molar-refractivity contribution in [2.75, 3.05) is 17.7 Å². The Labute approximate surface area is 315 Å². The fourth-order valence-corrected chi connectivity index (χ4v) is 8.36. The zero-order chi connectivity index (χ0) is 36.6. The largest absolute Gasteiger partial charge is 0.465 e. The Kier molecular flexibility index (Phi) is 11.9. The average molecular weight is 750 g/mol. The van der Waals surface area contributed by atoms with Crippen LogP contribution in [-0.4, -0.2) is 36.1 Å². The minimum absolute atomic E-state index is 0.0390. The van der Waals surface area contributed by atoms with Crippen molar-refractivity contribution >= 4 is 75.2 Å². The van der Waals surface area contributed by atoms with E-state index in [0.29, 0.717) is 38.3 Å². The molecule has 4 aromatic carbocycles. The number of carbonyl (C=O) groups excluding carboxylic acids is 4. The molecule has 52 heavy (non-hydrogen) atoms. The van der Waals surface area contributed by atoms with Gasteiger partial charge in [-0.2, -0.15) is 0 Å². The van der Waals surface area contributed by atoms with Crippen LogP contribution in [0.25, 0.3) is 6.08 Å². The first-order valence-electron chi connectivity index (χ1n) is 16.7. The molecule has 264 valence electrons. The van der Waals surface area contributed by atoms with Crippen LogP contribution < -0.4 is 16.0 Å². The topological polar surface area (TPSA) is 114 Å². The number of hydrogen-bond acceptors (Lipinski definition) is 7. The van der Waals surface area contributed by atoms with E-state index in [2.05, 4.69) is 28.1 Å². The number of anilines is 2. The van der Waals surface area contributed by atoms with E-state index in [4.69, 9.17) is 16.3 Å². The molecule has 0 saturated carbocycles. The first kappa shape index (κ1) is 36.6. The Balaban J connectivity index is 1.15. The van der Waals surface area contributed by atoms with E-state index in [9.17, 15) is 19.2 Å². The third-order valence-corrected chi connectivity index (χ3v) is 11.2.